The molecule has 0 unspecified atom stereocenters. The molecule has 1 heterocycles. The van der Waals surface area contributed by atoms with Crippen LogP contribution in [0.25, 0.3) is 0 Å². The minimum Gasteiger partial charge on any atom is -0.434 e. The normalized spacial score (nSPS) is 25.3. The van der Waals surface area contributed by atoms with Crippen LogP contribution in [0.1, 0.15) is 6.42 Å². The Kier molecular flexibility index (Phi) is 3.28. The number of thioether (sulfide) groups is 1. The SMILES string of the molecule is CO[C@@H]1OC(=O)C[C@H]1Sc1ccccc1. The van der Waals surface area contributed by atoms with Gasteiger partial charge in [0.15, 0.2) is 0 Å². The predicted molar refractivity (Wildman–Crippen MR) is 57.6 cm³/mol. The molecule has 0 aliphatic carbocycles. The van der Waals surface area contributed by atoms with E-state index in [2.05, 4.69) is 0 Å². The van der Waals surface area contributed by atoms with Crippen LogP contribution < -0.4 is 0 Å². The van der Waals surface area contributed by atoms with Crippen molar-refractivity contribution in [3.63, 3.8) is 0 Å². The fourth-order valence-corrected chi connectivity index (χ4v) is 2.65. The van der Waals surface area contributed by atoms with Crippen molar-refractivity contribution in [3.05, 3.63) is 30.3 Å². The number of hydrogen-bond donors (Lipinski definition) is 0. The van der Waals surface area contributed by atoms with Crippen LogP contribution in [-0.2, 0) is 14.3 Å². The Morgan fingerprint density at radius 2 is 2.13 bits per heavy atom. The second kappa shape index (κ2) is 4.68. The molecular weight excluding hydrogens is 212 g/mol. The molecule has 1 aliphatic heterocycles. The van der Waals surface area contributed by atoms with Gasteiger partial charge in [-0.05, 0) is 12.1 Å². The molecule has 0 amide bonds. The van der Waals surface area contributed by atoms with E-state index in [0.29, 0.717) is 6.42 Å². The lowest BCUT2D eigenvalue weighted by molar-refractivity contribution is -0.157. The van der Waals surface area contributed by atoms with Crippen LogP contribution in [0.4, 0.5) is 0 Å². The van der Waals surface area contributed by atoms with E-state index in [4.69, 9.17) is 9.47 Å². The van der Waals surface area contributed by atoms with Crippen molar-refractivity contribution >= 4 is 17.7 Å². The highest BCUT2D eigenvalue weighted by Gasteiger charge is 2.35. The van der Waals surface area contributed by atoms with E-state index in [-0.39, 0.29) is 11.2 Å². The third-order valence-electron chi connectivity index (χ3n) is 2.18. The number of carbonyl (C=O) groups is 1. The lowest BCUT2D eigenvalue weighted by Crippen LogP contribution is -2.19. The number of rotatable bonds is 3. The number of benzene rings is 1. The van der Waals surface area contributed by atoms with Gasteiger partial charge in [-0.1, -0.05) is 18.2 Å². The van der Waals surface area contributed by atoms with Crippen molar-refractivity contribution in [2.75, 3.05) is 7.11 Å². The first kappa shape index (κ1) is 10.5. The van der Waals surface area contributed by atoms with E-state index in [9.17, 15) is 4.79 Å². The molecule has 0 bridgehead atoms. The number of esters is 1. The maximum Gasteiger partial charge on any atom is 0.309 e. The fourth-order valence-electron chi connectivity index (χ4n) is 1.49. The number of ether oxygens (including phenoxy) is 2. The zero-order valence-electron chi connectivity index (χ0n) is 8.38. The average Bonchev–Trinajstić information content (AvgIpc) is 2.60. The van der Waals surface area contributed by atoms with Crippen molar-refractivity contribution in [2.45, 2.75) is 22.9 Å². The van der Waals surface area contributed by atoms with Gasteiger partial charge in [0.25, 0.3) is 0 Å². The second-order valence-corrected chi connectivity index (χ2v) is 4.58. The first-order valence-electron chi connectivity index (χ1n) is 4.73. The van der Waals surface area contributed by atoms with Gasteiger partial charge in [0.05, 0.1) is 11.7 Å². The first-order chi connectivity index (χ1) is 7.29. The van der Waals surface area contributed by atoms with Gasteiger partial charge in [0, 0.05) is 12.0 Å². The van der Waals surface area contributed by atoms with E-state index < -0.39 is 6.29 Å². The summed E-state index contributed by atoms with van der Waals surface area (Å²) in [7, 11) is 1.56. The molecule has 0 spiro atoms. The highest BCUT2D eigenvalue weighted by Crippen LogP contribution is 2.33. The van der Waals surface area contributed by atoms with E-state index in [1.54, 1.807) is 18.9 Å². The van der Waals surface area contributed by atoms with E-state index in [1.807, 2.05) is 30.3 Å². The van der Waals surface area contributed by atoms with Gasteiger partial charge < -0.3 is 9.47 Å². The van der Waals surface area contributed by atoms with Crippen LogP contribution in [0.5, 0.6) is 0 Å². The maximum absolute atomic E-state index is 11.1. The van der Waals surface area contributed by atoms with Gasteiger partial charge in [-0.2, -0.15) is 0 Å². The molecule has 0 radical (unpaired) electrons. The molecule has 2 rings (SSSR count). The molecule has 2 atom stereocenters. The zero-order chi connectivity index (χ0) is 10.7. The molecule has 0 saturated carbocycles. The van der Waals surface area contributed by atoms with Gasteiger partial charge in [-0.15, -0.1) is 11.8 Å². The predicted octanol–water partition coefficient (Wildman–Crippen LogP) is 2.07. The molecule has 15 heavy (non-hydrogen) atoms. The van der Waals surface area contributed by atoms with Crippen LogP contribution in [-0.4, -0.2) is 24.6 Å². The highest BCUT2D eigenvalue weighted by molar-refractivity contribution is 8.00. The largest absolute Gasteiger partial charge is 0.434 e. The topological polar surface area (TPSA) is 35.5 Å². The second-order valence-electron chi connectivity index (χ2n) is 3.27. The van der Waals surface area contributed by atoms with E-state index in [1.165, 1.54) is 0 Å². The summed E-state index contributed by atoms with van der Waals surface area (Å²) in [5, 5.41) is 0.0601. The lowest BCUT2D eigenvalue weighted by atomic mass is 10.3. The molecule has 3 nitrogen and oxygen atoms in total. The molecule has 1 fully saturated rings. The third-order valence-corrected chi connectivity index (χ3v) is 3.42. The van der Waals surface area contributed by atoms with Crippen LogP contribution in [0.3, 0.4) is 0 Å². The molecule has 1 saturated heterocycles. The van der Waals surface area contributed by atoms with Crippen molar-refractivity contribution in [1.82, 2.24) is 0 Å². The Bertz CT molecular complexity index is 339. The third kappa shape index (κ3) is 2.52. The van der Waals surface area contributed by atoms with E-state index >= 15 is 0 Å². The smallest absolute Gasteiger partial charge is 0.309 e. The van der Waals surface area contributed by atoms with Gasteiger partial charge in [0.2, 0.25) is 6.29 Å². The standard InChI is InChI=1S/C11H12O3S/c1-13-11-9(7-10(12)14-11)15-8-5-3-2-4-6-8/h2-6,9,11H,7H2,1H3/t9-,11-/m1/s1. The summed E-state index contributed by atoms with van der Waals surface area (Å²) < 4.78 is 10.1. The van der Waals surface area contributed by atoms with Crippen molar-refractivity contribution < 1.29 is 14.3 Å². The lowest BCUT2D eigenvalue weighted by Gasteiger charge is -2.14. The Hall–Kier alpha value is -1.00. The molecule has 0 N–H and O–H groups in total. The molecule has 0 aromatic heterocycles. The monoisotopic (exact) mass is 224 g/mol. The summed E-state index contributed by atoms with van der Waals surface area (Å²) >= 11 is 1.62. The van der Waals surface area contributed by atoms with Gasteiger partial charge in [-0.3, -0.25) is 4.79 Å². The Morgan fingerprint density at radius 3 is 2.80 bits per heavy atom. The van der Waals surface area contributed by atoms with Gasteiger partial charge in [-0.25, -0.2) is 0 Å². The van der Waals surface area contributed by atoms with Crippen LogP contribution in [0, 0.1) is 0 Å². The first-order valence-corrected chi connectivity index (χ1v) is 5.61. The number of carbonyl (C=O) groups excluding carboxylic acids is 1. The summed E-state index contributed by atoms with van der Waals surface area (Å²) in [6, 6.07) is 9.94. The summed E-state index contributed by atoms with van der Waals surface area (Å²) in [4.78, 5) is 12.2. The summed E-state index contributed by atoms with van der Waals surface area (Å²) in [6.07, 6.45) is 0.000589. The van der Waals surface area contributed by atoms with Crippen LogP contribution in [0.15, 0.2) is 35.2 Å². The number of methoxy groups -OCH3 is 1. The molecule has 4 heteroatoms. The minimum absolute atomic E-state index is 0.0601. The van der Waals surface area contributed by atoms with Gasteiger partial charge >= 0.3 is 5.97 Å². The Morgan fingerprint density at radius 1 is 1.40 bits per heavy atom. The number of cyclic esters (lactones) is 1. The molecule has 1 aromatic carbocycles. The van der Waals surface area contributed by atoms with Crippen molar-refractivity contribution in [3.8, 4) is 0 Å². The fraction of sp³-hybridized carbons (Fsp3) is 0.364. The average molecular weight is 224 g/mol. The summed E-state index contributed by atoms with van der Waals surface area (Å²) in [5.74, 6) is -0.185. The van der Waals surface area contributed by atoms with Crippen molar-refractivity contribution in [2.24, 2.45) is 0 Å². The zero-order valence-corrected chi connectivity index (χ0v) is 9.20. The van der Waals surface area contributed by atoms with E-state index in [0.717, 1.165) is 4.90 Å². The maximum atomic E-state index is 11.1. The molecular formula is C11H12O3S. The molecule has 80 valence electrons. The Labute approximate surface area is 92.8 Å². The van der Waals surface area contributed by atoms with Crippen molar-refractivity contribution in [1.29, 1.82) is 0 Å². The summed E-state index contributed by atoms with van der Waals surface area (Å²) in [6.45, 7) is 0. The summed E-state index contributed by atoms with van der Waals surface area (Å²) in [5.41, 5.74) is 0. The molecule has 1 aliphatic rings. The van der Waals surface area contributed by atoms with Crippen LogP contribution >= 0.6 is 11.8 Å². The number of hydrogen-bond acceptors (Lipinski definition) is 4. The van der Waals surface area contributed by atoms with Crippen LogP contribution in [0.2, 0.25) is 0 Å². The van der Waals surface area contributed by atoms with Gasteiger partial charge in [0.1, 0.15) is 0 Å². The molecule has 1 aromatic rings. The minimum atomic E-state index is -0.414. The quantitative estimate of drug-likeness (QED) is 0.736. The Balaban J connectivity index is 2.03. The highest BCUT2D eigenvalue weighted by atomic mass is 32.2.